The number of hydrogen-bond acceptors (Lipinski definition) is 3. The summed E-state index contributed by atoms with van der Waals surface area (Å²) in [6, 6.07) is 1.62. The van der Waals surface area contributed by atoms with Crippen molar-refractivity contribution in [2.24, 2.45) is 11.7 Å². The van der Waals surface area contributed by atoms with E-state index in [1.807, 2.05) is 13.0 Å². The first-order valence-corrected chi connectivity index (χ1v) is 4.99. The summed E-state index contributed by atoms with van der Waals surface area (Å²) < 4.78 is 0. The predicted molar refractivity (Wildman–Crippen MR) is 55.4 cm³/mol. The minimum atomic E-state index is -0.634. The molecule has 5 nitrogen and oxygen atoms in total. The van der Waals surface area contributed by atoms with Crippen LogP contribution in [-0.2, 0) is 9.59 Å². The van der Waals surface area contributed by atoms with Gasteiger partial charge in [-0.05, 0) is 13.3 Å². The van der Waals surface area contributed by atoms with Gasteiger partial charge in [0.2, 0.25) is 11.8 Å². The molecule has 0 bridgehead atoms. The smallest absolute Gasteiger partial charge is 0.237 e. The zero-order valence-corrected chi connectivity index (χ0v) is 9.12. The molecule has 0 spiro atoms. The summed E-state index contributed by atoms with van der Waals surface area (Å²) in [6.07, 6.45) is 1.40. The number of carbonyl (C=O) groups is 2. The largest absolute Gasteiger partial charge is 0.370 e. The molecular formula is C10H17N3O2. The number of amides is 2. The lowest BCUT2D eigenvalue weighted by molar-refractivity contribution is -0.124. The summed E-state index contributed by atoms with van der Waals surface area (Å²) in [4.78, 5) is 22.0. The van der Waals surface area contributed by atoms with E-state index in [0.717, 1.165) is 6.42 Å². The van der Waals surface area contributed by atoms with Gasteiger partial charge in [0.1, 0.15) is 5.92 Å². The third-order valence-corrected chi connectivity index (χ3v) is 1.95. The van der Waals surface area contributed by atoms with Crippen LogP contribution in [0.15, 0.2) is 0 Å². The van der Waals surface area contributed by atoms with Gasteiger partial charge in [-0.25, -0.2) is 0 Å². The first-order valence-electron chi connectivity index (χ1n) is 4.99. The standard InChI is InChI=1S/C10H17N3O2/c1-3-4-8(6-11)10(15)13-7(2)5-9(12)14/h7-8H,3-5H2,1-2H3,(H2,12,14)(H,13,15). The summed E-state index contributed by atoms with van der Waals surface area (Å²) in [6.45, 7) is 3.59. The monoisotopic (exact) mass is 211 g/mol. The molecule has 0 rings (SSSR count). The topological polar surface area (TPSA) is 96.0 Å². The maximum absolute atomic E-state index is 11.5. The predicted octanol–water partition coefficient (Wildman–Crippen LogP) is 0.306. The molecule has 0 aromatic rings. The van der Waals surface area contributed by atoms with E-state index in [-0.39, 0.29) is 18.4 Å². The van der Waals surface area contributed by atoms with Crippen molar-refractivity contribution in [2.75, 3.05) is 0 Å². The first kappa shape index (κ1) is 13.4. The Bertz CT molecular complexity index is 270. The van der Waals surface area contributed by atoms with Crippen LogP contribution in [0.5, 0.6) is 0 Å². The van der Waals surface area contributed by atoms with Crippen molar-refractivity contribution in [3.63, 3.8) is 0 Å². The summed E-state index contributed by atoms with van der Waals surface area (Å²) in [5.74, 6) is -1.43. The number of carbonyl (C=O) groups excluding carboxylic acids is 2. The Balaban J connectivity index is 4.11. The average molecular weight is 211 g/mol. The SMILES string of the molecule is CCCC(C#N)C(=O)NC(C)CC(N)=O. The van der Waals surface area contributed by atoms with Crippen molar-refractivity contribution in [3.8, 4) is 6.07 Å². The van der Waals surface area contributed by atoms with Crippen LogP contribution in [-0.4, -0.2) is 17.9 Å². The van der Waals surface area contributed by atoms with Crippen LogP contribution in [0, 0.1) is 17.2 Å². The van der Waals surface area contributed by atoms with Crippen LogP contribution in [0.4, 0.5) is 0 Å². The molecule has 0 heterocycles. The first-order chi connectivity index (χ1) is 7.01. The average Bonchev–Trinajstić information content (AvgIpc) is 2.12. The highest BCUT2D eigenvalue weighted by Gasteiger charge is 2.18. The highest BCUT2D eigenvalue weighted by Crippen LogP contribution is 2.05. The molecule has 2 atom stereocenters. The maximum Gasteiger partial charge on any atom is 0.237 e. The van der Waals surface area contributed by atoms with Crippen LogP contribution < -0.4 is 11.1 Å². The van der Waals surface area contributed by atoms with E-state index in [0.29, 0.717) is 6.42 Å². The van der Waals surface area contributed by atoms with E-state index in [2.05, 4.69) is 5.32 Å². The van der Waals surface area contributed by atoms with Gasteiger partial charge in [0.05, 0.1) is 6.07 Å². The Morgan fingerprint density at radius 1 is 1.53 bits per heavy atom. The van der Waals surface area contributed by atoms with Gasteiger partial charge in [-0.2, -0.15) is 5.26 Å². The third kappa shape index (κ3) is 5.68. The van der Waals surface area contributed by atoms with Gasteiger partial charge in [-0.15, -0.1) is 0 Å². The number of primary amides is 1. The Morgan fingerprint density at radius 3 is 2.53 bits per heavy atom. The van der Waals surface area contributed by atoms with E-state index in [1.165, 1.54) is 0 Å². The molecule has 0 aliphatic rings. The van der Waals surface area contributed by atoms with Gasteiger partial charge >= 0.3 is 0 Å². The molecule has 0 radical (unpaired) electrons. The lowest BCUT2D eigenvalue weighted by Gasteiger charge is -2.14. The number of nitrogens with one attached hydrogen (secondary N) is 1. The van der Waals surface area contributed by atoms with Crippen molar-refractivity contribution in [3.05, 3.63) is 0 Å². The molecule has 15 heavy (non-hydrogen) atoms. The molecule has 2 amide bonds. The summed E-state index contributed by atoms with van der Waals surface area (Å²) in [5.41, 5.74) is 4.98. The fourth-order valence-electron chi connectivity index (χ4n) is 1.24. The molecule has 5 heteroatoms. The number of nitrogens with two attached hydrogens (primary N) is 1. The number of nitriles is 1. The fourth-order valence-corrected chi connectivity index (χ4v) is 1.24. The third-order valence-electron chi connectivity index (χ3n) is 1.95. The number of rotatable bonds is 6. The second-order valence-electron chi connectivity index (χ2n) is 3.55. The van der Waals surface area contributed by atoms with Crippen molar-refractivity contribution < 1.29 is 9.59 Å². The minimum absolute atomic E-state index is 0.0933. The van der Waals surface area contributed by atoms with E-state index >= 15 is 0 Å². The number of hydrogen-bond donors (Lipinski definition) is 2. The highest BCUT2D eigenvalue weighted by molar-refractivity contribution is 5.82. The maximum atomic E-state index is 11.5. The molecule has 0 aromatic carbocycles. The highest BCUT2D eigenvalue weighted by atomic mass is 16.2. The Labute approximate surface area is 89.6 Å². The van der Waals surface area contributed by atoms with Gasteiger partial charge in [0.25, 0.3) is 0 Å². The summed E-state index contributed by atoms with van der Waals surface area (Å²) >= 11 is 0. The molecule has 0 saturated heterocycles. The summed E-state index contributed by atoms with van der Waals surface area (Å²) in [5, 5.41) is 11.3. The molecule has 0 saturated carbocycles. The zero-order valence-electron chi connectivity index (χ0n) is 9.12. The molecule has 84 valence electrons. The van der Waals surface area contributed by atoms with Crippen molar-refractivity contribution in [2.45, 2.75) is 39.2 Å². The van der Waals surface area contributed by atoms with Gasteiger partial charge in [-0.1, -0.05) is 13.3 Å². The fraction of sp³-hybridized carbons (Fsp3) is 0.700. The lowest BCUT2D eigenvalue weighted by Crippen LogP contribution is -2.39. The van der Waals surface area contributed by atoms with Crippen LogP contribution in [0.25, 0.3) is 0 Å². The van der Waals surface area contributed by atoms with E-state index in [4.69, 9.17) is 11.0 Å². The molecule has 0 fully saturated rings. The van der Waals surface area contributed by atoms with E-state index in [9.17, 15) is 9.59 Å². The Hall–Kier alpha value is -1.57. The van der Waals surface area contributed by atoms with Gasteiger partial charge in [0, 0.05) is 12.5 Å². The summed E-state index contributed by atoms with van der Waals surface area (Å²) in [7, 11) is 0. The number of nitrogens with zero attached hydrogens (tertiary/aromatic N) is 1. The molecule has 0 aliphatic carbocycles. The molecule has 0 aliphatic heterocycles. The normalized spacial score (nSPS) is 13.7. The van der Waals surface area contributed by atoms with Gasteiger partial charge in [-0.3, -0.25) is 9.59 Å². The molecule has 0 aromatic heterocycles. The Kier molecular flexibility index (Phi) is 6.11. The van der Waals surface area contributed by atoms with Crippen molar-refractivity contribution >= 4 is 11.8 Å². The second kappa shape index (κ2) is 6.82. The lowest BCUT2D eigenvalue weighted by atomic mass is 10.0. The van der Waals surface area contributed by atoms with Crippen molar-refractivity contribution in [1.29, 1.82) is 5.26 Å². The van der Waals surface area contributed by atoms with Crippen LogP contribution in [0.2, 0.25) is 0 Å². The van der Waals surface area contributed by atoms with Gasteiger partial charge in [0.15, 0.2) is 0 Å². The minimum Gasteiger partial charge on any atom is -0.370 e. The van der Waals surface area contributed by atoms with E-state index in [1.54, 1.807) is 6.92 Å². The van der Waals surface area contributed by atoms with Crippen LogP contribution in [0.3, 0.4) is 0 Å². The Morgan fingerprint density at radius 2 is 2.13 bits per heavy atom. The van der Waals surface area contributed by atoms with E-state index < -0.39 is 11.8 Å². The second-order valence-corrected chi connectivity index (χ2v) is 3.55. The van der Waals surface area contributed by atoms with Gasteiger partial charge < -0.3 is 11.1 Å². The van der Waals surface area contributed by atoms with Crippen LogP contribution >= 0.6 is 0 Å². The molecule has 3 N–H and O–H groups in total. The van der Waals surface area contributed by atoms with Crippen LogP contribution in [0.1, 0.15) is 33.1 Å². The zero-order chi connectivity index (χ0) is 11.8. The molecular weight excluding hydrogens is 194 g/mol. The quantitative estimate of drug-likeness (QED) is 0.661. The van der Waals surface area contributed by atoms with Crippen molar-refractivity contribution in [1.82, 2.24) is 5.32 Å². The molecule has 2 unspecified atom stereocenters.